The summed E-state index contributed by atoms with van der Waals surface area (Å²) in [4.78, 5) is 15.6. The van der Waals surface area contributed by atoms with Gasteiger partial charge >= 0.3 is 0 Å². The van der Waals surface area contributed by atoms with E-state index in [2.05, 4.69) is 15.9 Å². The van der Waals surface area contributed by atoms with E-state index in [1.807, 2.05) is 55.5 Å². The number of benzene rings is 2. The average Bonchev–Trinajstić information content (AvgIpc) is 3.09. The zero-order chi connectivity index (χ0) is 21.0. The first-order valence-corrected chi connectivity index (χ1v) is 13.6. The maximum absolute atomic E-state index is 15.4. The van der Waals surface area contributed by atoms with Gasteiger partial charge in [-0.15, -0.1) is 0 Å². The van der Waals surface area contributed by atoms with Crippen molar-refractivity contribution >= 4 is 41.6 Å². The second-order valence-corrected chi connectivity index (χ2v) is 13.1. The number of carbonyl (C=O) groups excluding carboxylic acids is 1. The summed E-state index contributed by atoms with van der Waals surface area (Å²) < 4.78 is 22.7. The van der Waals surface area contributed by atoms with Gasteiger partial charge in [-0.05, 0) is 49.8 Å². The highest BCUT2D eigenvalue weighted by Gasteiger charge is 2.66. The number of carbonyl (C=O) groups is 1. The van der Waals surface area contributed by atoms with Crippen LogP contribution in [0.3, 0.4) is 0 Å². The van der Waals surface area contributed by atoms with Crippen LogP contribution in [0, 0.1) is 5.92 Å². The molecule has 4 atom stereocenters. The molecule has 2 aromatic carbocycles. The van der Waals surface area contributed by atoms with Gasteiger partial charge in [-0.25, -0.2) is 0 Å². The van der Waals surface area contributed by atoms with Crippen molar-refractivity contribution < 1.29 is 18.7 Å². The van der Waals surface area contributed by atoms with Gasteiger partial charge in [-0.1, -0.05) is 41.1 Å². The predicted octanol–water partition coefficient (Wildman–Crippen LogP) is 5.28. The zero-order valence-electron chi connectivity index (χ0n) is 16.7. The molecule has 2 aliphatic heterocycles. The largest absolute Gasteiger partial charge is 0.396 e. The van der Waals surface area contributed by atoms with Gasteiger partial charge < -0.3 is 14.0 Å². The van der Waals surface area contributed by atoms with Gasteiger partial charge in [0.2, 0.25) is 8.41 Å². The van der Waals surface area contributed by atoms with E-state index in [1.165, 1.54) is 0 Å². The van der Waals surface area contributed by atoms with E-state index in [-0.39, 0.29) is 24.0 Å². The summed E-state index contributed by atoms with van der Waals surface area (Å²) in [6.07, 6.45) is -0.174. The number of halogens is 2. The molecule has 0 bridgehead atoms. The minimum Gasteiger partial charge on any atom is -0.396 e. The highest BCUT2D eigenvalue weighted by molar-refractivity contribution is 9.10. The molecule has 1 N–H and O–H groups in total. The smallest absolute Gasteiger partial charge is 0.268 e. The number of ether oxygens (including phenoxy) is 1. The van der Waals surface area contributed by atoms with E-state index in [0.29, 0.717) is 6.42 Å². The van der Waals surface area contributed by atoms with Crippen molar-refractivity contribution in [2.45, 2.75) is 43.7 Å². The Balaban J connectivity index is 1.92. The molecule has 1 spiro atoms. The Kier molecular flexibility index (Phi) is 5.22. The van der Waals surface area contributed by atoms with Crippen LogP contribution in [-0.4, -0.2) is 32.1 Å². The fourth-order valence-electron chi connectivity index (χ4n) is 5.18. The van der Waals surface area contributed by atoms with Gasteiger partial charge in [0.15, 0.2) is 5.60 Å². The number of nitrogens with zero attached hydrogens (tertiary/aromatic N) is 1. The number of hydrogen-bond donors (Lipinski definition) is 1. The van der Waals surface area contributed by atoms with Crippen LogP contribution >= 0.6 is 15.9 Å². The second kappa shape index (κ2) is 7.30. The van der Waals surface area contributed by atoms with Crippen LogP contribution in [0.5, 0.6) is 0 Å². The Bertz CT molecular complexity index is 935. The molecular weight excluding hydrogens is 453 g/mol. The van der Waals surface area contributed by atoms with Crippen LogP contribution in [0.2, 0.25) is 18.6 Å². The molecule has 2 aromatic rings. The van der Waals surface area contributed by atoms with Gasteiger partial charge in [0.1, 0.15) is 0 Å². The molecule has 1 amide bonds. The molecule has 0 unspecified atom stereocenters. The molecule has 1 saturated heterocycles. The minimum atomic E-state index is -3.17. The summed E-state index contributed by atoms with van der Waals surface area (Å²) >= 11 is 3.52. The average molecular weight is 478 g/mol. The molecule has 2 aliphatic rings. The van der Waals surface area contributed by atoms with Crippen LogP contribution in [0.25, 0.3) is 0 Å². The Hall–Kier alpha value is -1.54. The molecule has 4 rings (SSSR count). The maximum Gasteiger partial charge on any atom is 0.268 e. The molecule has 7 heteroatoms. The van der Waals surface area contributed by atoms with E-state index in [0.717, 1.165) is 21.4 Å². The first-order valence-electron chi connectivity index (χ1n) is 9.89. The third-order valence-electron chi connectivity index (χ3n) is 6.26. The summed E-state index contributed by atoms with van der Waals surface area (Å²) in [5.74, 6) is -0.534. The van der Waals surface area contributed by atoms with Crippen molar-refractivity contribution in [1.29, 1.82) is 0 Å². The summed E-state index contributed by atoms with van der Waals surface area (Å²) in [7, 11) is -3.17. The van der Waals surface area contributed by atoms with E-state index < -0.39 is 20.1 Å². The quantitative estimate of drug-likeness (QED) is 0.480. The number of aliphatic hydroxyl groups is 1. The lowest BCUT2D eigenvalue weighted by Crippen LogP contribution is -2.44. The zero-order valence-corrected chi connectivity index (χ0v) is 19.3. The van der Waals surface area contributed by atoms with Crippen molar-refractivity contribution in [3.05, 3.63) is 58.6 Å². The minimum absolute atomic E-state index is 0.101. The molecule has 154 valence electrons. The van der Waals surface area contributed by atoms with Crippen molar-refractivity contribution in [2.75, 3.05) is 11.5 Å². The van der Waals surface area contributed by atoms with Crippen LogP contribution in [0.15, 0.2) is 53.0 Å². The summed E-state index contributed by atoms with van der Waals surface area (Å²) in [6, 6.07) is 15.2. The number of aliphatic hydroxyl groups excluding tert-OH is 1. The standard InChI is InChI=1S/C22H25BrFNO3Si/c1-14-20(29(2,3)24)19(11-12-26)28-22(14)17-13-15(23)9-10-18(17)25(21(22)27)16-7-5-4-6-8-16/h4-10,13-14,19-20,26H,11-12H2,1-3H3/t14-,19+,20-,22+/m0/s1. The SMILES string of the molecule is C[C@H]1[C@H]([Si](C)(C)F)[C@@H](CCO)O[C@]12C(=O)N(c1ccccc1)c1ccc(Br)cc12. The van der Waals surface area contributed by atoms with E-state index in [9.17, 15) is 9.90 Å². The topological polar surface area (TPSA) is 49.8 Å². The molecule has 2 heterocycles. The number of para-hydroxylation sites is 1. The molecule has 1 fully saturated rings. The van der Waals surface area contributed by atoms with Crippen LogP contribution in [0.1, 0.15) is 18.9 Å². The lowest BCUT2D eigenvalue weighted by molar-refractivity contribution is -0.145. The maximum atomic E-state index is 15.4. The second-order valence-electron chi connectivity index (χ2n) is 8.42. The summed E-state index contributed by atoms with van der Waals surface area (Å²) in [6.45, 7) is 5.15. The Morgan fingerprint density at radius 1 is 1.24 bits per heavy atom. The number of fused-ring (bicyclic) bond motifs is 2. The number of hydrogen-bond acceptors (Lipinski definition) is 3. The molecule has 0 radical (unpaired) electrons. The molecule has 0 saturated carbocycles. The number of anilines is 2. The molecule has 29 heavy (non-hydrogen) atoms. The molecule has 0 aromatic heterocycles. The Labute approximate surface area is 180 Å². The molecule has 0 aliphatic carbocycles. The van der Waals surface area contributed by atoms with E-state index >= 15 is 4.11 Å². The van der Waals surface area contributed by atoms with Gasteiger partial charge in [-0.2, -0.15) is 0 Å². The van der Waals surface area contributed by atoms with Crippen LogP contribution in [-0.2, 0) is 15.1 Å². The molecule has 4 nitrogen and oxygen atoms in total. The van der Waals surface area contributed by atoms with Gasteiger partial charge in [0.05, 0.1) is 11.8 Å². The van der Waals surface area contributed by atoms with Crippen molar-refractivity contribution in [3.8, 4) is 0 Å². The number of amides is 1. The van der Waals surface area contributed by atoms with Crippen molar-refractivity contribution in [1.82, 2.24) is 0 Å². The van der Waals surface area contributed by atoms with E-state index in [4.69, 9.17) is 4.74 Å². The number of rotatable bonds is 4. The van der Waals surface area contributed by atoms with Crippen molar-refractivity contribution in [2.24, 2.45) is 5.92 Å². The summed E-state index contributed by atoms with van der Waals surface area (Å²) in [5, 5.41) is 9.57. The monoisotopic (exact) mass is 477 g/mol. The summed E-state index contributed by atoms with van der Waals surface area (Å²) in [5.41, 5.74) is 0.638. The molecular formula is C22H25BrFNO3Si. The lowest BCUT2D eigenvalue weighted by atomic mass is 9.82. The highest BCUT2D eigenvalue weighted by atomic mass is 79.9. The van der Waals surface area contributed by atoms with Crippen molar-refractivity contribution in [3.63, 3.8) is 0 Å². The van der Waals surface area contributed by atoms with Crippen LogP contribution < -0.4 is 4.90 Å². The Morgan fingerprint density at radius 2 is 1.93 bits per heavy atom. The van der Waals surface area contributed by atoms with Gasteiger partial charge in [-0.3, -0.25) is 9.69 Å². The van der Waals surface area contributed by atoms with Gasteiger partial charge in [0.25, 0.3) is 5.91 Å². The third-order valence-corrected chi connectivity index (χ3v) is 9.21. The van der Waals surface area contributed by atoms with Gasteiger partial charge in [0, 0.05) is 33.8 Å². The fraction of sp³-hybridized carbons (Fsp3) is 0.409. The Morgan fingerprint density at radius 3 is 2.55 bits per heavy atom. The first-order chi connectivity index (χ1) is 13.7. The van der Waals surface area contributed by atoms with E-state index in [1.54, 1.807) is 18.0 Å². The highest BCUT2D eigenvalue weighted by Crippen LogP contribution is 2.61. The normalized spacial score (nSPS) is 29.0. The van der Waals surface area contributed by atoms with Crippen LogP contribution in [0.4, 0.5) is 15.5 Å². The third kappa shape index (κ3) is 3.10. The first kappa shape index (κ1) is 20.7. The fourth-order valence-corrected chi connectivity index (χ4v) is 8.08. The lowest BCUT2D eigenvalue weighted by Gasteiger charge is -2.31. The predicted molar refractivity (Wildman–Crippen MR) is 117 cm³/mol.